The molecule has 4 nitrogen and oxygen atoms in total. The minimum absolute atomic E-state index is 0.328. The Balaban J connectivity index is 0.950. The molecule has 4 aliphatic rings. The molecule has 1 spiro atoms. The lowest BCUT2D eigenvalue weighted by Crippen LogP contribution is -2.49. The predicted octanol–water partition coefficient (Wildman–Crippen LogP) is 6.05. The number of likely N-dealkylation sites (tertiary alicyclic amines) is 1. The highest BCUT2D eigenvalue weighted by molar-refractivity contribution is 6.33. The molecule has 2 saturated carbocycles. The van der Waals surface area contributed by atoms with E-state index in [0.29, 0.717) is 27.6 Å². The quantitative estimate of drug-likeness (QED) is 0.526. The molecule has 2 heterocycles. The summed E-state index contributed by atoms with van der Waals surface area (Å²) in [7, 11) is 0. The van der Waals surface area contributed by atoms with Crippen molar-refractivity contribution in [1.82, 2.24) is 15.1 Å². The second-order valence-corrected chi connectivity index (χ2v) is 11.3. The Morgan fingerprint density at radius 1 is 1.06 bits per heavy atom. The fourth-order valence-electron chi connectivity index (χ4n) is 6.88. The van der Waals surface area contributed by atoms with Crippen LogP contribution >= 0.6 is 11.6 Å². The third-order valence-corrected chi connectivity index (χ3v) is 9.04. The van der Waals surface area contributed by atoms with Gasteiger partial charge in [0.05, 0.1) is 10.7 Å². The maximum atomic E-state index is 13.5. The molecule has 0 amide bonds. The van der Waals surface area contributed by atoms with E-state index in [9.17, 15) is 4.39 Å². The van der Waals surface area contributed by atoms with Crippen molar-refractivity contribution in [3.05, 3.63) is 53.3 Å². The third-order valence-electron chi connectivity index (χ3n) is 8.71. The van der Waals surface area contributed by atoms with Crippen LogP contribution < -0.4 is 5.32 Å². The third kappa shape index (κ3) is 4.42. The van der Waals surface area contributed by atoms with Crippen molar-refractivity contribution >= 4 is 17.4 Å². The monoisotopic (exact) mass is 466 g/mol. The van der Waals surface area contributed by atoms with Crippen LogP contribution in [0.4, 0.5) is 10.2 Å². The number of benzene rings is 1. The van der Waals surface area contributed by atoms with Gasteiger partial charge in [-0.25, -0.2) is 4.39 Å². The Morgan fingerprint density at radius 3 is 2.61 bits per heavy atom. The summed E-state index contributed by atoms with van der Waals surface area (Å²) in [5.74, 6) is 3.82. The molecule has 1 N–H and O–H groups in total. The van der Waals surface area contributed by atoms with Crippen LogP contribution in [-0.2, 0) is 0 Å². The van der Waals surface area contributed by atoms with Gasteiger partial charge in [0.15, 0.2) is 0 Å². The van der Waals surface area contributed by atoms with E-state index in [1.807, 2.05) is 12.1 Å². The summed E-state index contributed by atoms with van der Waals surface area (Å²) in [4.78, 5) is 2.75. The molecule has 1 aromatic carbocycles. The Kier molecular flexibility index (Phi) is 5.66. The van der Waals surface area contributed by atoms with Crippen LogP contribution in [0.15, 0.2) is 42.5 Å². The van der Waals surface area contributed by atoms with E-state index in [1.54, 1.807) is 6.07 Å². The Hall–Kier alpha value is -1.98. The van der Waals surface area contributed by atoms with E-state index in [0.717, 1.165) is 30.1 Å². The SMILES string of the molecule is Fc1ccc(Cl)c(-c2ccc(NCC3CC4(CCN(CC5CC6C=CC5C6)CC4)C3)nn2)c1. The van der Waals surface area contributed by atoms with Gasteiger partial charge in [-0.3, -0.25) is 0 Å². The summed E-state index contributed by atoms with van der Waals surface area (Å²) >= 11 is 6.18. The average Bonchev–Trinajstić information content (AvgIpc) is 3.43. The van der Waals surface area contributed by atoms with Crippen LogP contribution in [0, 0.1) is 34.9 Å². The van der Waals surface area contributed by atoms with Gasteiger partial charge in [0.2, 0.25) is 0 Å². The van der Waals surface area contributed by atoms with Crippen molar-refractivity contribution in [2.24, 2.45) is 29.1 Å². The number of aromatic nitrogens is 2. The molecule has 33 heavy (non-hydrogen) atoms. The summed E-state index contributed by atoms with van der Waals surface area (Å²) < 4.78 is 13.5. The largest absolute Gasteiger partial charge is 0.368 e. The van der Waals surface area contributed by atoms with Crippen LogP contribution in [0.5, 0.6) is 0 Å². The van der Waals surface area contributed by atoms with E-state index < -0.39 is 0 Å². The van der Waals surface area contributed by atoms with E-state index >= 15 is 0 Å². The van der Waals surface area contributed by atoms with Gasteiger partial charge in [0.25, 0.3) is 0 Å². The van der Waals surface area contributed by atoms with E-state index in [1.165, 1.54) is 70.3 Å². The number of fused-ring (bicyclic) bond motifs is 2. The number of rotatable bonds is 6. The van der Waals surface area contributed by atoms with Gasteiger partial charge in [-0.2, -0.15) is 0 Å². The topological polar surface area (TPSA) is 41.0 Å². The lowest BCUT2D eigenvalue weighted by Gasteiger charge is -2.53. The fourth-order valence-corrected chi connectivity index (χ4v) is 7.09. The summed E-state index contributed by atoms with van der Waals surface area (Å²) in [6, 6.07) is 8.04. The van der Waals surface area contributed by atoms with Gasteiger partial charge in [-0.15, -0.1) is 10.2 Å². The number of anilines is 1. The van der Waals surface area contributed by atoms with Crippen molar-refractivity contribution in [3.8, 4) is 11.3 Å². The first-order valence-corrected chi connectivity index (χ1v) is 12.9. The first-order chi connectivity index (χ1) is 16.1. The number of allylic oxidation sites excluding steroid dienone is 2. The Labute approximate surface area is 200 Å². The lowest BCUT2D eigenvalue weighted by molar-refractivity contribution is -0.0124. The van der Waals surface area contributed by atoms with Crippen molar-refractivity contribution in [2.45, 2.75) is 38.5 Å². The smallest absolute Gasteiger partial charge is 0.148 e. The maximum absolute atomic E-state index is 13.5. The molecule has 3 aliphatic carbocycles. The number of hydrogen-bond donors (Lipinski definition) is 1. The maximum Gasteiger partial charge on any atom is 0.148 e. The van der Waals surface area contributed by atoms with E-state index in [-0.39, 0.29) is 5.82 Å². The molecule has 0 radical (unpaired) electrons. The molecule has 3 unspecified atom stereocenters. The van der Waals surface area contributed by atoms with Gasteiger partial charge in [0, 0.05) is 18.7 Å². The second-order valence-electron chi connectivity index (χ2n) is 10.9. The zero-order valence-corrected chi connectivity index (χ0v) is 19.8. The molecule has 2 bridgehead atoms. The molecule has 6 heteroatoms. The van der Waals surface area contributed by atoms with Crippen LogP contribution in [0.1, 0.15) is 38.5 Å². The van der Waals surface area contributed by atoms with Crippen molar-refractivity contribution in [2.75, 3.05) is 31.5 Å². The highest BCUT2D eigenvalue weighted by Gasteiger charge is 2.46. The molecular formula is C27H32ClFN4. The van der Waals surface area contributed by atoms with Gasteiger partial charge in [0.1, 0.15) is 11.6 Å². The molecule has 3 atom stereocenters. The van der Waals surface area contributed by atoms with Gasteiger partial charge in [-0.1, -0.05) is 23.8 Å². The van der Waals surface area contributed by atoms with Crippen molar-refractivity contribution in [1.29, 1.82) is 0 Å². The standard InChI is InChI=1S/C27H32ClFN4/c28-24-4-3-22(29)13-23(24)25-5-6-26(32-31-25)30-16-19-14-27(15-19)7-9-33(10-8-27)17-21-12-18-1-2-20(21)11-18/h1-6,13,18-21H,7-12,14-17H2,(H,30,32). The van der Waals surface area contributed by atoms with Crippen molar-refractivity contribution < 1.29 is 4.39 Å². The number of nitrogens with zero attached hydrogens (tertiary/aromatic N) is 3. The summed E-state index contributed by atoms with van der Waals surface area (Å²) in [5, 5.41) is 12.5. The van der Waals surface area contributed by atoms with Gasteiger partial charge in [-0.05, 0) is 111 Å². The minimum atomic E-state index is -0.328. The van der Waals surface area contributed by atoms with Crippen LogP contribution in [0.3, 0.4) is 0 Å². The predicted molar refractivity (Wildman–Crippen MR) is 131 cm³/mol. The highest BCUT2D eigenvalue weighted by atomic mass is 35.5. The van der Waals surface area contributed by atoms with E-state index in [2.05, 4.69) is 32.6 Å². The van der Waals surface area contributed by atoms with E-state index in [4.69, 9.17) is 11.6 Å². The van der Waals surface area contributed by atoms with Gasteiger partial charge >= 0.3 is 0 Å². The molecule has 1 aliphatic heterocycles. The summed E-state index contributed by atoms with van der Waals surface area (Å²) in [6.07, 6.45) is 13.2. The zero-order valence-electron chi connectivity index (χ0n) is 19.0. The molecule has 2 aromatic rings. The number of piperidine rings is 1. The van der Waals surface area contributed by atoms with Crippen molar-refractivity contribution in [3.63, 3.8) is 0 Å². The average molecular weight is 467 g/mol. The number of nitrogens with one attached hydrogen (secondary N) is 1. The van der Waals surface area contributed by atoms with Gasteiger partial charge < -0.3 is 10.2 Å². The molecule has 3 fully saturated rings. The fraction of sp³-hybridized carbons (Fsp3) is 0.556. The van der Waals surface area contributed by atoms with Crippen LogP contribution in [0.2, 0.25) is 5.02 Å². The molecule has 1 aromatic heterocycles. The Morgan fingerprint density at radius 2 is 1.91 bits per heavy atom. The number of halogens is 2. The van der Waals surface area contributed by atoms with Crippen LogP contribution in [0.25, 0.3) is 11.3 Å². The summed E-state index contributed by atoms with van der Waals surface area (Å²) in [6.45, 7) is 4.83. The zero-order chi connectivity index (χ0) is 22.4. The molecule has 1 saturated heterocycles. The normalized spacial score (nSPS) is 28.4. The molecule has 174 valence electrons. The molecule has 6 rings (SSSR count). The Bertz CT molecular complexity index is 1020. The minimum Gasteiger partial charge on any atom is -0.368 e. The first kappa shape index (κ1) is 21.5. The number of hydrogen-bond acceptors (Lipinski definition) is 4. The van der Waals surface area contributed by atoms with Crippen LogP contribution in [-0.4, -0.2) is 41.3 Å². The molecular weight excluding hydrogens is 435 g/mol. The second kappa shape index (κ2) is 8.66. The first-order valence-electron chi connectivity index (χ1n) is 12.5. The lowest BCUT2D eigenvalue weighted by atomic mass is 9.57. The highest BCUT2D eigenvalue weighted by Crippen LogP contribution is 2.53. The summed E-state index contributed by atoms with van der Waals surface area (Å²) in [5.41, 5.74) is 1.74.